The second-order valence-electron chi connectivity index (χ2n) is 6.22. The molecule has 2 N–H and O–H groups in total. The van der Waals surface area contributed by atoms with Gasteiger partial charge in [0, 0.05) is 16.5 Å². The van der Waals surface area contributed by atoms with E-state index in [2.05, 4.69) is 10.6 Å². The maximum Gasteiger partial charge on any atom is 0.243 e. The second kappa shape index (κ2) is 9.64. The third-order valence-electron chi connectivity index (χ3n) is 3.80. The second-order valence-corrected chi connectivity index (χ2v) is 7.64. The topological polar surface area (TPSA) is 58.2 Å². The average molecular weight is 391 g/mol. The van der Waals surface area contributed by atoms with Gasteiger partial charge in [-0.3, -0.25) is 9.59 Å². The number of benzene rings is 2. The van der Waals surface area contributed by atoms with Crippen LogP contribution in [0.15, 0.2) is 36.4 Å². The SMILES string of the molecule is Cc1cc(C)c(NC(=O)CNC(=O)CSCc2ccc(Cl)cc2)c(C)c1. The van der Waals surface area contributed by atoms with E-state index < -0.39 is 0 Å². The highest BCUT2D eigenvalue weighted by atomic mass is 35.5. The molecule has 0 aliphatic heterocycles. The van der Waals surface area contributed by atoms with Crippen molar-refractivity contribution in [2.45, 2.75) is 26.5 Å². The van der Waals surface area contributed by atoms with E-state index in [0.29, 0.717) is 10.8 Å². The summed E-state index contributed by atoms with van der Waals surface area (Å²) in [5, 5.41) is 6.23. The summed E-state index contributed by atoms with van der Waals surface area (Å²) in [6.45, 7) is 5.91. The van der Waals surface area contributed by atoms with E-state index >= 15 is 0 Å². The van der Waals surface area contributed by atoms with Crippen molar-refractivity contribution in [3.63, 3.8) is 0 Å². The molecule has 0 saturated heterocycles. The Labute approximate surface area is 163 Å². The van der Waals surface area contributed by atoms with E-state index in [-0.39, 0.29) is 18.4 Å². The minimum Gasteiger partial charge on any atom is -0.346 e. The first-order valence-corrected chi connectivity index (χ1v) is 9.85. The highest BCUT2D eigenvalue weighted by Crippen LogP contribution is 2.21. The van der Waals surface area contributed by atoms with Crippen molar-refractivity contribution in [1.29, 1.82) is 0 Å². The maximum atomic E-state index is 12.1. The van der Waals surface area contributed by atoms with Crippen LogP contribution in [-0.4, -0.2) is 24.1 Å². The predicted octanol–water partition coefficient (Wildman–Crippen LogP) is 4.25. The van der Waals surface area contributed by atoms with Crippen molar-refractivity contribution in [1.82, 2.24) is 5.32 Å². The van der Waals surface area contributed by atoms with Gasteiger partial charge in [0.25, 0.3) is 0 Å². The molecule has 138 valence electrons. The van der Waals surface area contributed by atoms with Crippen molar-refractivity contribution >= 4 is 40.9 Å². The zero-order chi connectivity index (χ0) is 19.1. The number of aryl methyl sites for hydroxylation is 3. The number of halogens is 1. The Morgan fingerprint density at radius 1 is 1.00 bits per heavy atom. The van der Waals surface area contributed by atoms with E-state index in [1.54, 1.807) is 0 Å². The monoisotopic (exact) mass is 390 g/mol. The van der Waals surface area contributed by atoms with Gasteiger partial charge in [-0.15, -0.1) is 11.8 Å². The fourth-order valence-corrected chi connectivity index (χ4v) is 3.58. The van der Waals surface area contributed by atoms with Crippen molar-refractivity contribution in [3.8, 4) is 0 Å². The maximum absolute atomic E-state index is 12.1. The Morgan fingerprint density at radius 2 is 1.62 bits per heavy atom. The number of hydrogen-bond donors (Lipinski definition) is 2. The lowest BCUT2D eigenvalue weighted by Crippen LogP contribution is -2.34. The lowest BCUT2D eigenvalue weighted by Gasteiger charge is -2.13. The predicted molar refractivity (Wildman–Crippen MR) is 110 cm³/mol. The van der Waals surface area contributed by atoms with Gasteiger partial charge in [0.15, 0.2) is 0 Å². The molecule has 2 rings (SSSR count). The Morgan fingerprint density at radius 3 is 2.23 bits per heavy atom. The zero-order valence-electron chi connectivity index (χ0n) is 15.2. The largest absolute Gasteiger partial charge is 0.346 e. The minimum atomic E-state index is -0.226. The van der Waals surface area contributed by atoms with Gasteiger partial charge in [-0.2, -0.15) is 0 Å². The molecule has 0 aromatic heterocycles. The van der Waals surface area contributed by atoms with Gasteiger partial charge >= 0.3 is 0 Å². The molecule has 2 aromatic carbocycles. The summed E-state index contributed by atoms with van der Waals surface area (Å²) < 4.78 is 0. The highest BCUT2D eigenvalue weighted by molar-refractivity contribution is 7.99. The highest BCUT2D eigenvalue weighted by Gasteiger charge is 2.10. The number of anilines is 1. The van der Waals surface area contributed by atoms with Gasteiger partial charge in [0.05, 0.1) is 12.3 Å². The first-order chi connectivity index (χ1) is 12.3. The summed E-state index contributed by atoms with van der Waals surface area (Å²) in [5.41, 5.74) is 5.10. The van der Waals surface area contributed by atoms with Crippen molar-refractivity contribution < 1.29 is 9.59 Å². The molecule has 0 aliphatic rings. The molecule has 0 fully saturated rings. The van der Waals surface area contributed by atoms with Gasteiger partial charge in [0.1, 0.15) is 0 Å². The van der Waals surface area contributed by atoms with Crippen molar-refractivity contribution in [2.75, 3.05) is 17.6 Å². The van der Waals surface area contributed by atoms with Crippen molar-refractivity contribution in [3.05, 3.63) is 63.7 Å². The lowest BCUT2D eigenvalue weighted by atomic mass is 10.1. The van der Waals surface area contributed by atoms with Crippen LogP contribution in [0.4, 0.5) is 5.69 Å². The van der Waals surface area contributed by atoms with Crippen LogP contribution in [0.2, 0.25) is 5.02 Å². The van der Waals surface area contributed by atoms with E-state index in [4.69, 9.17) is 11.6 Å². The first-order valence-electron chi connectivity index (χ1n) is 8.31. The van der Waals surface area contributed by atoms with Gasteiger partial charge in [-0.05, 0) is 49.6 Å². The molecule has 0 saturated carbocycles. The summed E-state index contributed by atoms with van der Waals surface area (Å²) in [6.07, 6.45) is 0. The van der Waals surface area contributed by atoms with Crippen LogP contribution in [0.1, 0.15) is 22.3 Å². The molecule has 0 aliphatic carbocycles. The summed E-state index contributed by atoms with van der Waals surface area (Å²) in [4.78, 5) is 24.0. The van der Waals surface area contributed by atoms with Gasteiger partial charge < -0.3 is 10.6 Å². The smallest absolute Gasteiger partial charge is 0.243 e. The number of rotatable bonds is 7. The normalized spacial score (nSPS) is 10.5. The molecule has 0 heterocycles. The fourth-order valence-electron chi connectivity index (χ4n) is 2.63. The number of nitrogens with one attached hydrogen (secondary N) is 2. The molecule has 2 aromatic rings. The van der Waals surface area contributed by atoms with Gasteiger partial charge in [-0.1, -0.05) is 41.4 Å². The van der Waals surface area contributed by atoms with E-state index in [1.807, 2.05) is 57.2 Å². The summed E-state index contributed by atoms with van der Waals surface area (Å²) >= 11 is 7.34. The third kappa shape index (κ3) is 6.39. The van der Waals surface area contributed by atoms with Crippen LogP contribution in [0.25, 0.3) is 0 Å². The Bertz CT molecular complexity index is 768. The van der Waals surface area contributed by atoms with Gasteiger partial charge in [-0.25, -0.2) is 0 Å². The summed E-state index contributed by atoms with van der Waals surface area (Å²) in [5.74, 6) is 0.643. The Kier molecular flexibility index (Phi) is 7.54. The Hall–Kier alpha value is -1.98. The molecule has 4 nitrogen and oxygen atoms in total. The molecular weight excluding hydrogens is 368 g/mol. The lowest BCUT2D eigenvalue weighted by molar-refractivity contribution is -0.122. The van der Waals surface area contributed by atoms with E-state index in [0.717, 1.165) is 33.7 Å². The Balaban J connectivity index is 1.73. The van der Waals surface area contributed by atoms with Crippen LogP contribution in [-0.2, 0) is 15.3 Å². The molecule has 6 heteroatoms. The zero-order valence-corrected chi connectivity index (χ0v) is 16.8. The molecule has 0 bridgehead atoms. The van der Waals surface area contributed by atoms with E-state index in [1.165, 1.54) is 11.8 Å². The number of thioether (sulfide) groups is 1. The van der Waals surface area contributed by atoms with Crippen LogP contribution < -0.4 is 10.6 Å². The van der Waals surface area contributed by atoms with Crippen molar-refractivity contribution in [2.24, 2.45) is 0 Å². The standard InChI is InChI=1S/C20H23ClN2O2S/c1-13-8-14(2)20(15(3)9-13)23-18(24)10-22-19(25)12-26-11-16-4-6-17(21)7-5-16/h4-9H,10-12H2,1-3H3,(H,22,25)(H,23,24). The number of carbonyl (C=O) groups excluding carboxylic acids is 2. The molecular formula is C20H23ClN2O2S. The number of amides is 2. The molecule has 2 amide bonds. The quantitative estimate of drug-likeness (QED) is 0.742. The van der Waals surface area contributed by atoms with E-state index in [9.17, 15) is 9.59 Å². The third-order valence-corrected chi connectivity index (χ3v) is 5.06. The summed E-state index contributed by atoms with van der Waals surface area (Å²) in [6, 6.07) is 11.6. The van der Waals surface area contributed by atoms with Gasteiger partial charge in [0.2, 0.25) is 11.8 Å². The molecule has 0 radical (unpaired) electrons. The average Bonchev–Trinajstić information content (AvgIpc) is 2.58. The number of carbonyl (C=O) groups is 2. The first kappa shape index (κ1) is 20.3. The molecule has 26 heavy (non-hydrogen) atoms. The minimum absolute atomic E-state index is 0.0346. The van der Waals surface area contributed by atoms with Crippen LogP contribution in [0.3, 0.4) is 0 Å². The number of hydrogen-bond acceptors (Lipinski definition) is 3. The molecule has 0 unspecified atom stereocenters. The molecule has 0 atom stereocenters. The fraction of sp³-hybridized carbons (Fsp3) is 0.300. The van der Waals surface area contributed by atoms with Crippen LogP contribution in [0.5, 0.6) is 0 Å². The summed E-state index contributed by atoms with van der Waals surface area (Å²) in [7, 11) is 0. The van der Waals surface area contributed by atoms with Crippen LogP contribution in [0, 0.1) is 20.8 Å². The molecule has 0 spiro atoms. The van der Waals surface area contributed by atoms with Crippen LogP contribution >= 0.6 is 23.4 Å².